The summed E-state index contributed by atoms with van der Waals surface area (Å²) >= 11 is 0. The zero-order valence-electron chi connectivity index (χ0n) is 9.48. The molecule has 2 rings (SSSR count). The first-order valence-corrected chi connectivity index (χ1v) is 6.00. The van der Waals surface area contributed by atoms with E-state index in [1.54, 1.807) is 6.20 Å². The predicted octanol–water partition coefficient (Wildman–Crippen LogP) is 1.81. The molecule has 1 heterocycles. The largest absolute Gasteiger partial charge is 0.396 e. The lowest BCUT2D eigenvalue weighted by Crippen LogP contribution is -2.48. The Bertz CT molecular complexity index is 328. The van der Waals surface area contributed by atoms with Crippen LogP contribution in [0, 0.1) is 4.91 Å². The van der Waals surface area contributed by atoms with Crippen molar-refractivity contribution < 1.29 is 9.98 Å². The van der Waals surface area contributed by atoms with Gasteiger partial charge in [-0.05, 0) is 25.3 Å². The van der Waals surface area contributed by atoms with Crippen LogP contribution < -0.4 is 5.43 Å². The molecule has 1 aliphatic heterocycles. The highest BCUT2D eigenvalue weighted by Crippen LogP contribution is 2.38. The Morgan fingerprint density at radius 1 is 1.38 bits per heavy atom. The molecule has 1 fully saturated rings. The molecule has 1 aliphatic carbocycles. The molecule has 0 aromatic carbocycles. The van der Waals surface area contributed by atoms with Crippen LogP contribution in [0.2, 0.25) is 0 Å². The third-order valence-electron chi connectivity index (χ3n) is 3.63. The molecular formula is C12H19N2O2+. The van der Waals surface area contributed by atoms with E-state index in [0.29, 0.717) is 6.42 Å². The van der Waals surface area contributed by atoms with Crippen molar-refractivity contribution in [1.29, 1.82) is 0 Å². The van der Waals surface area contributed by atoms with Crippen molar-refractivity contribution in [3.8, 4) is 0 Å². The fraction of sp³-hybridized carbons (Fsp3) is 0.667. The zero-order chi connectivity index (χ0) is 11.4. The van der Waals surface area contributed by atoms with Gasteiger partial charge in [-0.1, -0.05) is 12.5 Å². The molecule has 0 saturated heterocycles. The Kier molecular flexibility index (Phi) is 3.39. The Hall–Kier alpha value is -1.16. The summed E-state index contributed by atoms with van der Waals surface area (Å²) < 4.78 is 0. The third kappa shape index (κ3) is 1.89. The van der Waals surface area contributed by atoms with Crippen molar-refractivity contribution >= 4 is 0 Å². The van der Waals surface area contributed by atoms with E-state index in [4.69, 9.17) is 5.11 Å². The molecule has 0 bridgehead atoms. The van der Waals surface area contributed by atoms with E-state index in [1.807, 2.05) is 12.2 Å². The number of hydrogen-bond acceptors (Lipinski definition) is 2. The van der Waals surface area contributed by atoms with Crippen molar-refractivity contribution in [3.05, 3.63) is 28.8 Å². The number of aliphatic hydroxyl groups excluding tert-OH is 1. The molecule has 16 heavy (non-hydrogen) atoms. The topological polar surface area (TPSA) is 52.3 Å². The number of aliphatic hydroxyl groups is 1. The first-order valence-electron chi connectivity index (χ1n) is 6.00. The van der Waals surface area contributed by atoms with Gasteiger partial charge in [-0.2, -0.15) is 0 Å². The maximum absolute atomic E-state index is 12.1. The lowest BCUT2D eigenvalue weighted by atomic mass is 9.75. The number of hydrazine groups is 1. The summed E-state index contributed by atoms with van der Waals surface area (Å²) in [5.74, 6) is 0. The van der Waals surface area contributed by atoms with Crippen LogP contribution >= 0.6 is 0 Å². The van der Waals surface area contributed by atoms with Crippen molar-refractivity contribution in [1.82, 2.24) is 5.43 Å². The van der Waals surface area contributed by atoms with E-state index in [0.717, 1.165) is 36.1 Å². The molecule has 0 atom stereocenters. The van der Waals surface area contributed by atoms with Crippen LogP contribution in [-0.4, -0.2) is 22.1 Å². The highest BCUT2D eigenvalue weighted by atomic mass is 16.3. The average molecular weight is 223 g/mol. The quantitative estimate of drug-likeness (QED) is 0.702. The Labute approximate surface area is 95.6 Å². The van der Waals surface area contributed by atoms with Gasteiger partial charge in [-0.3, -0.25) is 0 Å². The van der Waals surface area contributed by atoms with Crippen LogP contribution in [0.5, 0.6) is 0 Å². The molecule has 2 aliphatic rings. The molecule has 0 amide bonds. The number of nitroso groups, excluding NO2 is 1. The summed E-state index contributed by atoms with van der Waals surface area (Å²) in [4.78, 5) is 13.1. The molecule has 88 valence electrons. The monoisotopic (exact) mass is 223 g/mol. The predicted molar refractivity (Wildman–Crippen MR) is 61.5 cm³/mol. The van der Waals surface area contributed by atoms with Gasteiger partial charge in [0, 0.05) is 25.0 Å². The molecule has 2 N–H and O–H groups in total. The normalized spacial score (nSPS) is 23.8. The van der Waals surface area contributed by atoms with Gasteiger partial charge in [0.05, 0.1) is 11.1 Å². The van der Waals surface area contributed by atoms with Gasteiger partial charge in [-0.25, -0.2) is 0 Å². The van der Waals surface area contributed by atoms with Gasteiger partial charge in [0.2, 0.25) is 0 Å². The maximum Gasteiger partial charge on any atom is 0.265 e. The van der Waals surface area contributed by atoms with Gasteiger partial charge >= 0.3 is 0 Å². The minimum atomic E-state index is -0.426. The minimum absolute atomic E-state index is 0.106. The van der Waals surface area contributed by atoms with E-state index < -0.39 is 5.54 Å². The number of rotatable bonds is 2. The van der Waals surface area contributed by atoms with Crippen LogP contribution in [0.15, 0.2) is 23.9 Å². The van der Waals surface area contributed by atoms with Crippen molar-refractivity contribution in [3.63, 3.8) is 0 Å². The molecule has 0 unspecified atom stereocenters. The van der Waals surface area contributed by atoms with Crippen LogP contribution in [0.1, 0.15) is 38.5 Å². The molecule has 1 spiro atoms. The Morgan fingerprint density at radius 2 is 2.12 bits per heavy atom. The van der Waals surface area contributed by atoms with Crippen LogP contribution in [0.3, 0.4) is 0 Å². The first kappa shape index (κ1) is 11.3. The van der Waals surface area contributed by atoms with Crippen LogP contribution in [0.25, 0.3) is 0 Å². The second-order valence-corrected chi connectivity index (χ2v) is 4.54. The summed E-state index contributed by atoms with van der Waals surface area (Å²) in [7, 11) is 0. The van der Waals surface area contributed by atoms with E-state index >= 15 is 0 Å². The van der Waals surface area contributed by atoms with Crippen molar-refractivity contribution in [2.45, 2.75) is 44.1 Å². The number of nitrogens with one attached hydrogen (secondary N) is 1. The van der Waals surface area contributed by atoms with E-state index in [1.165, 1.54) is 6.42 Å². The lowest BCUT2D eigenvalue weighted by Gasteiger charge is -2.29. The van der Waals surface area contributed by atoms with Gasteiger partial charge in [-0.15, -0.1) is 5.43 Å². The van der Waals surface area contributed by atoms with E-state index in [-0.39, 0.29) is 6.61 Å². The smallest absolute Gasteiger partial charge is 0.265 e. The highest BCUT2D eigenvalue weighted by molar-refractivity contribution is 5.24. The molecule has 1 saturated carbocycles. The SMILES string of the molecule is O=[N+]1NC=CC=C(CCO)C12CCCCC2. The van der Waals surface area contributed by atoms with E-state index in [9.17, 15) is 4.91 Å². The van der Waals surface area contributed by atoms with Crippen molar-refractivity contribution in [2.75, 3.05) is 6.61 Å². The lowest BCUT2D eigenvalue weighted by molar-refractivity contribution is -0.664. The standard InChI is InChI=1S/C12H19N2O2/c15-10-6-11-5-4-9-13-14(16)12(11)7-2-1-3-8-12/h4-5,9,15H,1-3,6-8,10H2,(H,13,16)/q+1. The van der Waals surface area contributed by atoms with Gasteiger partial charge < -0.3 is 5.11 Å². The van der Waals surface area contributed by atoms with Crippen molar-refractivity contribution in [2.24, 2.45) is 0 Å². The second-order valence-electron chi connectivity index (χ2n) is 4.54. The van der Waals surface area contributed by atoms with Gasteiger partial charge in [0.15, 0.2) is 0 Å². The number of nitrogens with zero attached hydrogens (tertiary/aromatic N) is 1. The Balaban J connectivity index is 2.31. The van der Waals surface area contributed by atoms with Crippen LogP contribution in [-0.2, 0) is 0 Å². The maximum atomic E-state index is 12.1. The molecule has 4 heteroatoms. The minimum Gasteiger partial charge on any atom is -0.396 e. The fourth-order valence-corrected chi connectivity index (χ4v) is 2.78. The second kappa shape index (κ2) is 4.78. The molecule has 0 aromatic heterocycles. The summed E-state index contributed by atoms with van der Waals surface area (Å²) in [6.45, 7) is 0.106. The number of allylic oxidation sites excluding steroid dienone is 2. The first-order chi connectivity index (χ1) is 7.79. The summed E-state index contributed by atoms with van der Waals surface area (Å²) in [6, 6.07) is 0. The van der Waals surface area contributed by atoms with E-state index in [2.05, 4.69) is 5.43 Å². The summed E-state index contributed by atoms with van der Waals surface area (Å²) in [5, 5.41) is 9.10. The summed E-state index contributed by atoms with van der Waals surface area (Å²) in [6.07, 6.45) is 11.2. The zero-order valence-corrected chi connectivity index (χ0v) is 9.48. The molecular weight excluding hydrogens is 204 g/mol. The average Bonchev–Trinajstić information content (AvgIpc) is 2.45. The summed E-state index contributed by atoms with van der Waals surface area (Å²) in [5.41, 5.74) is 3.39. The van der Waals surface area contributed by atoms with Gasteiger partial charge in [0.25, 0.3) is 5.54 Å². The fourth-order valence-electron chi connectivity index (χ4n) is 2.78. The molecule has 0 radical (unpaired) electrons. The number of hydrogen-bond donors (Lipinski definition) is 2. The molecule has 0 aromatic rings. The third-order valence-corrected chi connectivity index (χ3v) is 3.63. The van der Waals surface area contributed by atoms with Crippen LogP contribution in [0.4, 0.5) is 0 Å². The highest BCUT2D eigenvalue weighted by Gasteiger charge is 2.50. The molecule has 4 nitrogen and oxygen atoms in total. The van der Waals surface area contributed by atoms with Gasteiger partial charge in [0.1, 0.15) is 4.87 Å². The Morgan fingerprint density at radius 3 is 2.81 bits per heavy atom.